The van der Waals surface area contributed by atoms with Crippen molar-refractivity contribution < 1.29 is 36.7 Å². The lowest BCUT2D eigenvalue weighted by Gasteiger charge is -2.30. The van der Waals surface area contributed by atoms with Crippen molar-refractivity contribution in [2.24, 2.45) is 11.1 Å². The van der Waals surface area contributed by atoms with Gasteiger partial charge in [-0.15, -0.1) is 0 Å². The Bertz CT molecular complexity index is 2080. The fraction of sp³-hybridized carbons (Fsp3) is 0.194. The number of benzene rings is 3. The van der Waals surface area contributed by atoms with Gasteiger partial charge in [-0.25, -0.2) is 27.6 Å². The molecule has 2 unspecified atom stereocenters. The normalized spacial score (nSPS) is 18.9. The van der Waals surface area contributed by atoms with E-state index in [4.69, 9.17) is 9.88 Å². The van der Waals surface area contributed by atoms with E-state index in [1.807, 2.05) is 0 Å². The molecule has 6 rings (SSSR count). The Kier molecular flexibility index (Phi) is 8.61. The van der Waals surface area contributed by atoms with Gasteiger partial charge in [0.25, 0.3) is 0 Å². The van der Waals surface area contributed by atoms with E-state index in [0.717, 1.165) is 28.0 Å². The van der Waals surface area contributed by atoms with Crippen LogP contribution in [-0.4, -0.2) is 48.5 Å². The van der Waals surface area contributed by atoms with Gasteiger partial charge in [-0.05, 0) is 73.2 Å². The third kappa shape index (κ3) is 6.12. The monoisotopic (exact) mass is 696 g/mol. The zero-order valence-electron chi connectivity index (χ0n) is 24.4. The number of primary sulfonamides is 1. The molecule has 242 valence electrons. The number of thioether (sulfide) groups is 1. The number of carbonyl (C=O) groups is 4. The number of hydrogen-bond donors (Lipinski definition) is 2. The van der Waals surface area contributed by atoms with Crippen molar-refractivity contribution in [1.82, 2.24) is 4.57 Å². The molecule has 3 aromatic carbocycles. The van der Waals surface area contributed by atoms with Crippen molar-refractivity contribution in [3.63, 3.8) is 0 Å². The number of nitrogens with zero attached hydrogens (tertiary/aromatic N) is 2. The van der Waals surface area contributed by atoms with E-state index in [1.54, 1.807) is 6.92 Å². The molecule has 2 aliphatic rings. The highest BCUT2D eigenvalue weighted by Crippen LogP contribution is 2.53. The molecule has 1 aromatic heterocycles. The molecule has 3 heterocycles. The number of fused-ring (bicyclic) bond motifs is 2. The van der Waals surface area contributed by atoms with Crippen LogP contribution in [-0.2, 0) is 35.7 Å². The minimum absolute atomic E-state index is 0.142. The fourth-order valence-electron chi connectivity index (χ4n) is 5.57. The molecule has 0 aliphatic carbocycles. The maximum Gasteiger partial charge on any atom is 0.338 e. The van der Waals surface area contributed by atoms with Gasteiger partial charge in [0, 0.05) is 16.5 Å². The summed E-state index contributed by atoms with van der Waals surface area (Å²) in [6.45, 7) is 1.41. The van der Waals surface area contributed by atoms with Crippen molar-refractivity contribution in [1.29, 1.82) is 0 Å². The number of hydrogen-bond acceptors (Lipinski definition) is 10. The lowest BCUT2D eigenvalue weighted by molar-refractivity contribution is -0.122. The molecular formula is C31H25FN4O8S3. The first kappa shape index (κ1) is 32.3. The standard InChI is InChI=1S/C31H25FN4O8S3/c1-2-44-30(40)17-5-11-20(12-6-17)36-27(38)24-23(16-3-7-18(32)8-4-16)26-29(45-25(24)28(36)39)35(31(41)46-26)15-22(37)34-19-9-13-21(14-10-19)47(33,42)43/h3-14,23-25H,2,15H2,1H3,(H,34,37)(H2,33,42,43)/t23-,24?,25?/m1/s1. The molecule has 0 spiro atoms. The summed E-state index contributed by atoms with van der Waals surface area (Å²) < 4.78 is 43.3. The number of halogens is 1. The van der Waals surface area contributed by atoms with E-state index in [0.29, 0.717) is 15.5 Å². The van der Waals surface area contributed by atoms with Gasteiger partial charge in [-0.3, -0.25) is 23.7 Å². The Morgan fingerprint density at radius 2 is 1.62 bits per heavy atom. The fourth-order valence-corrected chi connectivity index (χ4v) is 8.86. The summed E-state index contributed by atoms with van der Waals surface area (Å²) in [7, 11) is -3.93. The lowest BCUT2D eigenvalue weighted by atomic mass is 9.83. The Morgan fingerprint density at radius 3 is 2.23 bits per heavy atom. The van der Waals surface area contributed by atoms with E-state index in [1.165, 1.54) is 77.4 Å². The second kappa shape index (κ2) is 12.5. The van der Waals surface area contributed by atoms with Crippen LogP contribution in [0.1, 0.15) is 33.6 Å². The molecule has 3 N–H and O–H groups in total. The van der Waals surface area contributed by atoms with E-state index >= 15 is 0 Å². The summed E-state index contributed by atoms with van der Waals surface area (Å²) >= 11 is 1.84. The average Bonchev–Trinajstić information content (AvgIpc) is 3.47. The number of rotatable bonds is 8. The third-order valence-corrected chi connectivity index (χ3v) is 11.2. The van der Waals surface area contributed by atoms with E-state index < -0.39 is 68.0 Å². The molecule has 2 aliphatic heterocycles. The molecule has 0 saturated carbocycles. The first-order valence-electron chi connectivity index (χ1n) is 14.1. The van der Waals surface area contributed by atoms with Crippen molar-refractivity contribution >= 4 is 68.2 Å². The first-order valence-corrected chi connectivity index (χ1v) is 17.3. The highest BCUT2D eigenvalue weighted by atomic mass is 32.2. The molecule has 1 saturated heterocycles. The summed E-state index contributed by atoms with van der Waals surface area (Å²) in [6.07, 6.45) is 0. The van der Waals surface area contributed by atoms with Gasteiger partial charge in [0.1, 0.15) is 17.6 Å². The number of thiazole rings is 1. The van der Waals surface area contributed by atoms with Gasteiger partial charge < -0.3 is 10.1 Å². The van der Waals surface area contributed by atoms with E-state index in [9.17, 15) is 36.8 Å². The Balaban J connectivity index is 1.34. The first-order chi connectivity index (χ1) is 22.4. The lowest BCUT2D eigenvalue weighted by Crippen LogP contribution is -2.33. The predicted octanol–water partition coefficient (Wildman–Crippen LogP) is 3.31. The van der Waals surface area contributed by atoms with Crippen molar-refractivity contribution in [3.8, 4) is 0 Å². The molecule has 47 heavy (non-hydrogen) atoms. The summed E-state index contributed by atoms with van der Waals surface area (Å²) in [4.78, 5) is 67.3. The molecule has 3 atom stereocenters. The van der Waals surface area contributed by atoms with Crippen LogP contribution in [0.15, 0.2) is 87.5 Å². The summed E-state index contributed by atoms with van der Waals surface area (Å²) in [5.74, 6) is -4.48. The molecule has 0 bridgehead atoms. The number of ether oxygens (including phenoxy) is 1. The number of nitrogens with one attached hydrogen (secondary N) is 1. The predicted molar refractivity (Wildman–Crippen MR) is 171 cm³/mol. The van der Waals surface area contributed by atoms with Crippen molar-refractivity contribution in [2.45, 2.75) is 34.6 Å². The highest BCUT2D eigenvalue weighted by molar-refractivity contribution is 8.00. The smallest absolute Gasteiger partial charge is 0.338 e. The molecule has 12 nitrogen and oxygen atoms in total. The largest absolute Gasteiger partial charge is 0.462 e. The molecular weight excluding hydrogens is 672 g/mol. The number of anilines is 2. The summed E-state index contributed by atoms with van der Waals surface area (Å²) in [5.41, 5.74) is 1.26. The minimum Gasteiger partial charge on any atom is -0.462 e. The van der Waals surface area contributed by atoms with E-state index in [2.05, 4.69) is 5.32 Å². The van der Waals surface area contributed by atoms with Gasteiger partial charge in [0.05, 0.1) is 33.7 Å². The number of sulfonamides is 1. The van der Waals surface area contributed by atoms with Crippen LogP contribution in [0.4, 0.5) is 15.8 Å². The topological polar surface area (TPSA) is 175 Å². The van der Waals surface area contributed by atoms with Gasteiger partial charge in [0.2, 0.25) is 27.7 Å². The van der Waals surface area contributed by atoms with Gasteiger partial charge in [-0.1, -0.05) is 35.2 Å². The second-order valence-electron chi connectivity index (χ2n) is 10.6. The molecule has 3 amide bonds. The van der Waals surface area contributed by atoms with Crippen molar-refractivity contribution in [3.05, 3.63) is 104 Å². The van der Waals surface area contributed by atoms with Crippen LogP contribution in [0.5, 0.6) is 0 Å². The minimum atomic E-state index is -3.93. The van der Waals surface area contributed by atoms with Crippen LogP contribution in [0.3, 0.4) is 0 Å². The second-order valence-corrected chi connectivity index (χ2v) is 14.3. The van der Waals surface area contributed by atoms with Crippen LogP contribution in [0.25, 0.3) is 0 Å². The van der Waals surface area contributed by atoms with Crippen LogP contribution < -0.4 is 20.2 Å². The number of aromatic nitrogens is 1. The summed E-state index contributed by atoms with van der Waals surface area (Å²) in [6, 6.07) is 16.5. The number of esters is 1. The van der Waals surface area contributed by atoms with Gasteiger partial charge in [0.15, 0.2) is 0 Å². The van der Waals surface area contributed by atoms with Crippen molar-refractivity contribution in [2.75, 3.05) is 16.8 Å². The Morgan fingerprint density at radius 1 is 0.957 bits per heavy atom. The van der Waals surface area contributed by atoms with Crippen LogP contribution in [0.2, 0.25) is 0 Å². The Labute approximate surface area is 275 Å². The maximum atomic E-state index is 14.0. The number of amides is 3. The van der Waals surface area contributed by atoms with Crippen LogP contribution in [0, 0.1) is 11.7 Å². The quantitative estimate of drug-likeness (QED) is 0.207. The highest BCUT2D eigenvalue weighted by Gasteiger charge is 2.56. The van der Waals surface area contributed by atoms with Gasteiger partial charge in [-0.2, -0.15) is 0 Å². The number of imide groups is 1. The third-order valence-electron chi connectivity index (χ3n) is 7.68. The summed E-state index contributed by atoms with van der Waals surface area (Å²) in [5, 5.41) is 7.08. The number of nitrogens with two attached hydrogens (primary N) is 1. The van der Waals surface area contributed by atoms with Crippen LogP contribution >= 0.6 is 23.1 Å². The SMILES string of the molecule is CCOC(=O)c1ccc(N2C(=O)C3Sc4c(sc(=O)n4CC(=O)Nc4ccc(S(N)(=O)=O)cc4)[C@H](c4ccc(F)cc4)C3C2=O)cc1. The van der Waals surface area contributed by atoms with Gasteiger partial charge >= 0.3 is 10.8 Å². The molecule has 4 aromatic rings. The molecule has 0 radical (unpaired) electrons. The zero-order chi connectivity index (χ0) is 33.6. The zero-order valence-corrected chi connectivity index (χ0v) is 26.9. The maximum absolute atomic E-state index is 14.0. The average molecular weight is 697 g/mol. The molecule has 16 heteroatoms. The Hall–Kier alpha value is -4.64. The number of carbonyl (C=O) groups excluding carboxylic acids is 4. The van der Waals surface area contributed by atoms with E-state index in [-0.39, 0.29) is 28.4 Å². The molecule has 1 fully saturated rings.